The second kappa shape index (κ2) is 3.88. The quantitative estimate of drug-likeness (QED) is 0.662. The Kier molecular flexibility index (Phi) is 2.82. The molecule has 0 fully saturated rings. The fraction of sp³-hybridized carbons (Fsp3) is 0.300. The Balaban J connectivity index is 3.40. The summed E-state index contributed by atoms with van der Waals surface area (Å²) in [7, 11) is 1.44. The van der Waals surface area contributed by atoms with Crippen LogP contribution in [0, 0.1) is 18.3 Å². The van der Waals surface area contributed by atoms with E-state index in [1.807, 2.05) is 6.07 Å². The number of carbonyl (C=O) groups excluding carboxylic acids is 1. The van der Waals surface area contributed by atoms with E-state index in [1.54, 1.807) is 6.92 Å². The number of rotatable bonds is 2. The normalized spacial score (nSPS) is 9.29. The number of ether oxygens (including phenoxy) is 1. The summed E-state index contributed by atoms with van der Waals surface area (Å²) < 4.78 is 4.91. The van der Waals surface area contributed by atoms with Crippen LogP contribution in [0.25, 0.3) is 0 Å². The highest BCUT2D eigenvalue weighted by atomic mass is 16.5. The minimum atomic E-state index is -0.103. The first kappa shape index (κ1) is 10.2. The molecule has 1 aromatic rings. The Labute approximate surface area is 82.1 Å². The number of aryl methyl sites for hydroxylation is 1. The number of carbonyl (C=O) groups is 1. The van der Waals surface area contributed by atoms with Crippen LogP contribution in [0.4, 0.5) is 0 Å². The lowest BCUT2D eigenvalue weighted by Crippen LogP contribution is -2.02. The summed E-state index contributed by atoms with van der Waals surface area (Å²) in [6.45, 7) is 3.15. The Bertz CT molecular complexity index is 419. The summed E-state index contributed by atoms with van der Waals surface area (Å²) in [6, 6.07) is 3.43. The molecule has 1 aromatic heterocycles. The Hall–Kier alpha value is -1.89. The third kappa shape index (κ3) is 1.72. The molecule has 4 nitrogen and oxygen atoms in total. The minimum absolute atomic E-state index is 0.103. The highest BCUT2D eigenvalue weighted by molar-refractivity contribution is 5.95. The van der Waals surface area contributed by atoms with E-state index in [4.69, 9.17) is 10.00 Å². The van der Waals surface area contributed by atoms with Crippen LogP contribution < -0.4 is 4.74 Å². The van der Waals surface area contributed by atoms with Crippen molar-refractivity contribution in [2.24, 2.45) is 0 Å². The fourth-order valence-electron chi connectivity index (χ4n) is 1.18. The number of nitrogens with zero attached hydrogens (tertiary/aromatic N) is 2. The number of aromatic nitrogens is 1. The zero-order valence-electron chi connectivity index (χ0n) is 8.29. The van der Waals surface area contributed by atoms with E-state index in [0.717, 1.165) is 0 Å². The number of ketones is 1. The third-order valence-electron chi connectivity index (χ3n) is 1.87. The summed E-state index contributed by atoms with van der Waals surface area (Å²) in [4.78, 5) is 15.2. The molecule has 1 heterocycles. The van der Waals surface area contributed by atoms with Gasteiger partial charge in [-0.25, -0.2) is 4.98 Å². The minimum Gasteiger partial charge on any atom is -0.480 e. The Morgan fingerprint density at radius 3 is 2.71 bits per heavy atom. The molecule has 0 atom stereocenters. The lowest BCUT2D eigenvalue weighted by molar-refractivity contribution is 0.101. The van der Waals surface area contributed by atoms with Crippen LogP contribution in [0.15, 0.2) is 6.07 Å². The molecule has 4 heteroatoms. The third-order valence-corrected chi connectivity index (χ3v) is 1.87. The molecule has 0 saturated heterocycles. The van der Waals surface area contributed by atoms with Gasteiger partial charge in [-0.2, -0.15) is 5.26 Å². The maximum atomic E-state index is 11.1. The molecule has 0 aliphatic carbocycles. The van der Waals surface area contributed by atoms with Crippen LogP contribution in [0.3, 0.4) is 0 Å². The maximum Gasteiger partial charge on any atom is 0.231 e. The molecule has 0 aliphatic rings. The second-order valence-corrected chi connectivity index (χ2v) is 2.85. The molecule has 0 aliphatic heterocycles. The molecule has 0 unspecified atom stereocenters. The van der Waals surface area contributed by atoms with Crippen molar-refractivity contribution in [3.63, 3.8) is 0 Å². The van der Waals surface area contributed by atoms with Gasteiger partial charge in [-0.3, -0.25) is 4.79 Å². The van der Waals surface area contributed by atoms with Crippen molar-refractivity contribution in [2.75, 3.05) is 7.11 Å². The molecule has 0 aromatic carbocycles. The first-order valence-electron chi connectivity index (χ1n) is 4.06. The van der Waals surface area contributed by atoms with Crippen molar-refractivity contribution < 1.29 is 9.53 Å². The SMILES string of the molecule is COc1nc(C)c(C(C)=O)cc1C#N. The predicted molar refractivity (Wildman–Crippen MR) is 50.2 cm³/mol. The van der Waals surface area contributed by atoms with Crippen LogP contribution in [0.2, 0.25) is 0 Å². The van der Waals surface area contributed by atoms with Gasteiger partial charge in [0, 0.05) is 5.56 Å². The number of Topliss-reactive ketones (excluding diaryl/α,β-unsaturated/α-hetero) is 1. The van der Waals surface area contributed by atoms with Gasteiger partial charge >= 0.3 is 0 Å². The van der Waals surface area contributed by atoms with Crippen molar-refractivity contribution in [3.05, 3.63) is 22.9 Å². The molecular weight excluding hydrogens is 180 g/mol. The highest BCUT2D eigenvalue weighted by Crippen LogP contribution is 2.18. The van der Waals surface area contributed by atoms with E-state index in [9.17, 15) is 4.79 Å². The van der Waals surface area contributed by atoms with Crippen LogP contribution in [-0.4, -0.2) is 17.9 Å². The molecule has 0 radical (unpaired) electrons. The number of hydrogen-bond acceptors (Lipinski definition) is 4. The van der Waals surface area contributed by atoms with Gasteiger partial charge in [-0.05, 0) is 19.9 Å². The first-order chi connectivity index (χ1) is 6.60. The first-order valence-corrected chi connectivity index (χ1v) is 4.06. The number of methoxy groups -OCH3 is 1. The van der Waals surface area contributed by atoms with E-state index in [0.29, 0.717) is 11.3 Å². The number of nitriles is 1. The topological polar surface area (TPSA) is 63.0 Å². The van der Waals surface area contributed by atoms with Gasteiger partial charge in [0.05, 0.1) is 12.8 Å². The maximum absolute atomic E-state index is 11.1. The molecule has 0 N–H and O–H groups in total. The lowest BCUT2D eigenvalue weighted by Gasteiger charge is -2.05. The highest BCUT2D eigenvalue weighted by Gasteiger charge is 2.11. The predicted octanol–water partition coefficient (Wildman–Crippen LogP) is 1.47. The van der Waals surface area contributed by atoms with Crippen LogP contribution >= 0.6 is 0 Å². The summed E-state index contributed by atoms with van der Waals surface area (Å²) in [6.07, 6.45) is 0. The summed E-state index contributed by atoms with van der Waals surface area (Å²) >= 11 is 0. The van der Waals surface area contributed by atoms with Crippen LogP contribution in [0.5, 0.6) is 5.88 Å². The van der Waals surface area contributed by atoms with Gasteiger partial charge in [0.25, 0.3) is 0 Å². The fourth-order valence-corrected chi connectivity index (χ4v) is 1.18. The van der Waals surface area contributed by atoms with E-state index >= 15 is 0 Å². The molecular formula is C10H10N2O2. The van der Waals surface area contributed by atoms with Crippen molar-refractivity contribution >= 4 is 5.78 Å². The number of pyridine rings is 1. The summed E-state index contributed by atoms with van der Waals surface area (Å²) in [5.74, 6) is 0.157. The van der Waals surface area contributed by atoms with Gasteiger partial charge in [0.2, 0.25) is 5.88 Å². The van der Waals surface area contributed by atoms with Crippen molar-refractivity contribution in [2.45, 2.75) is 13.8 Å². The Morgan fingerprint density at radius 1 is 1.64 bits per heavy atom. The zero-order chi connectivity index (χ0) is 10.7. The molecule has 0 saturated carbocycles. The van der Waals surface area contributed by atoms with Crippen molar-refractivity contribution in [3.8, 4) is 11.9 Å². The molecule has 72 valence electrons. The van der Waals surface area contributed by atoms with Crippen molar-refractivity contribution in [1.29, 1.82) is 5.26 Å². The average Bonchev–Trinajstić information content (AvgIpc) is 2.16. The van der Waals surface area contributed by atoms with Gasteiger partial charge in [0.1, 0.15) is 11.6 Å². The molecule has 0 bridgehead atoms. The standard InChI is InChI=1S/C10H10N2O2/c1-6-9(7(2)13)4-8(5-11)10(12-6)14-3/h4H,1-3H3. The monoisotopic (exact) mass is 190 g/mol. The molecule has 1 rings (SSSR count). The molecule has 0 spiro atoms. The van der Waals surface area contributed by atoms with E-state index in [2.05, 4.69) is 4.98 Å². The van der Waals surface area contributed by atoms with E-state index in [-0.39, 0.29) is 17.2 Å². The van der Waals surface area contributed by atoms with Crippen LogP contribution in [-0.2, 0) is 0 Å². The molecule has 0 amide bonds. The Morgan fingerprint density at radius 2 is 2.29 bits per heavy atom. The summed E-state index contributed by atoms with van der Waals surface area (Å²) in [5, 5.41) is 8.77. The van der Waals surface area contributed by atoms with Crippen LogP contribution in [0.1, 0.15) is 28.5 Å². The largest absolute Gasteiger partial charge is 0.480 e. The molecule has 14 heavy (non-hydrogen) atoms. The zero-order valence-corrected chi connectivity index (χ0v) is 8.29. The summed E-state index contributed by atoms with van der Waals surface area (Å²) in [5.41, 5.74) is 1.32. The smallest absolute Gasteiger partial charge is 0.231 e. The average molecular weight is 190 g/mol. The number of hydrogen-bond donors (Lipinski definition) is 0. The lowest BCUT2D eigenvalue weighted by atomic mass is 10.1. The van der Waals surface area contributed by atoms with Gasteiger partial charge in [-0.1, -0.05) is 0 Å². The van der Waals surface area contributed by atoms with Gasteiger partial charge in [-0.15, -0.1) is 0 Å². The van der Waals surface area contributed by atoms with Gasteiger partial charge in [0.15, 0.2) is 5.78 Å². The second-order valence-electron chi connectivity index (χ2n) is 2.85. The van der Waals surface area contributed by atoms with Crippen molar-refractivity contribution in [1.82, 2.24) is 4.98 Å². The van der Waals surface area contributed by atoms with Gasteiger partial charge < -0.3 is 4.74 Å². The van der Waals surface area contributed by atoms with E-state index < -0.39 is 0 Å². The van der Waals surface area contributed by atoms with E-state index in [1.165, 1.54) is 20.1 Å².